The van der Waals surface area contributed by atoms with Gasteiger partial charge in [0.2, 0.25) is 10.9 Å². The van der Waals surface area contributed by atoms with Gasteiger partial charge in [0.1, 0.15) is 22.7 Å². The number of aliphatic hydroxyl groups is 4. The van der Waals surface area contributed by atoms with Gasteiger partial charge in [-0.1, -0.05) is 52.8 Å². The number of phenolic OH excluding ortho intramolecular Hbond substituents is 1. The number of hydrogen-bond donors (Lipinski definition) is 8. The second kappa shape index (κ2) is 19.8. The van der Waals surface area contributed by atoms with E-state index in [1.54, 1.807) is 45.9 Å². The van der Waals surface area contributed by atoms with Crippen LogP contribution in [0.15, 0.2) is 62.3 Å². The maximum atomic E-state index is 14.9. The number of fused-ring (bicyclic) bond motifs is 5. The van der Waals surface area contributed by atoms with Crippen LogP contribution < -0.4 is 41.7 Å². The van der Waals surface area contributed by atoms with E-state index in [2.05, 4.69) is 16.0 Å². The lowest BCUT2D eigenvalue weighted by atomic mass is 9.78. The highest BCUT2D eigenvalue weighted by molar-refractivity contribution is 6.16. The number of phenols is 1. The molecule has 4 heterocycles. The summed E-state index contributed by atoms with van der Waals surface area (Å²) in [5.41, 5.74) is -1.70. The molecule has 3 amide bonds. The van der Waals surface area contributed by atoms with Crippen molar-refractivity contribution in [3.63, 3.8) is 0 Å². The zero-order chi connectivity index (χ0) is 49.5. The number of nitrogens with one attached hydrogen (secondary N) is 3. The van der Waals surface area contributed by atoms with Gasteiger partial charge in [-0.05, 0) is 39.2 Å². The Hall–Kier alpha value is -6.21. The van der Waals surface area contributed by atoms with Crippen molar-refractivity contribution in [1.82, 2.24) is 15.6 Å². The number of ether oxygens (including phenoxy) is 3. The van der Waals surface area contributed by atoms with Crippen molar-refractivity contribution in [2.24, 2.45) is 23.7 Å². The van der Waals surface area contributed by atoms with Crippen LogP contribution in [-0.2, 0) is 14.3 Å². The van der Waals surface area contributed by atoms with Crippen molar-refractivity contribution in [3.05, 3.63) is 79.5 Å². The molecule has 1 saturated heterocycles. The summed E-state index contributed by atoms with van der Waals surface area (Å²) in [4.78, 5) is 62.0. The molecule has 4 aromatic rings. The average Bonchev–Trinajstić information content (AvgIpc) is 3.59. The van der Waals surface area contributed by atoms with Crippen molar-refractivity contribution >= 4 is 62.0 Å². The minimum atomic E-state index is -1.98. The number of allylic oxidation sites excluding steroid dienone is 2. The van der Waals surface area contributed by atoms with E-state index in [1.807, 2.05) is 11.8 Å². The first-order valence-corrected chi connectivity index (χ1v) is 23.2. The van der Waals surface area contributed by atoms with Gasteiger partial charge in [-0.15, -0.1) is 0 Å². The number of anilines is 2. The molecule has 3 aliphatic heterocycles. The van der Waals surface area contributed by atoms with Crippen LogP contribution in [0.5, 0.6) is 11.5 Å². The zero-order valence-corrected chi connectivity index (χ0v) is 39.9. The largest absolute Gasteiger partial charge is 0.507 e. The summed E-state index contributed by atoms with van der Waals surface area (Å²) < 4.78 is 24.5. The van der Waals surface area contributed by atoms with Gasteiger partial charge < -0.3 is 65.0 Å². The number of amides is 3. The Morgan fingerprint density at radius 1 is 0.956 bits per heavy atom. The summed E-state index contributed by atoms with van der Waals surface area (Å²) in [5, 5.41) is 66.0. The summed E-state index contributed by atoms with van der Waals surface area (Å²) in [6, 6.07) is 2.72. The molecule has 1 aromatic heterocycles. The number of piperidine rings is 1. The maximum Gasteiger partial charge on any atom is 0.315 e. The lowest BCUT2D eigenvalue weighted by Gasteiger charge is -2.36. The molecule has 366 valence electrons. The van der Waals surface area contributed by atoms with Crippen LogP contribution in [0.25, 0.3) is 38.7 Å². The smallest absolute Gasteiger partial charge is 0.315 e. The number of rotatable bonds is 5. The van der Waals surface area contributed by atoms with Crippen LogP contribution in [0.3, 0.4) is 0 Å². The van der Waals surface area contributed by atoms with Crippen molar-refractivity contribution < 1.29 is 53.7 Å². The Bertz CT molecular complexity index is 2890. The minimum absolute atomic E-state index is 0.0131. The van der Waals surface area contributed by atoms with Gasteiger partial charge in [0.05, 0.1) is 41.3 Å². The Kier molecular flexibility index (Phi) is 14.5. The number of hydrogen-bond acceptors (Lipinski definition) is 15. The molecular formula is C50H63N5O13. The number of carbonyl (C=O) groups is 2. The van der Waals surface area contributed by atoms with Crippen molar-refractivity contribution in [2.45, 2.75) is 111 Å². The number of nitrogens with zero attached hydrogens (tertiary/aromatic N) is 2. The van der Waals surface area contributed by atoms with E-state index in [0.717, 1.165) is 6.42 Å². The van der Waals surface area contributed by atoms with E-state index < -0.39 is 87.8 Å². The van der Waals surface area contributed by atoms with Crippen LogP contribution in [-0.4, -0.2) is 105 Å². The van der Waals surface area contributed by atoms with E-state index in [4.69, 9.17) is 23.6 Å². The second-order valence-corrected chi connectivity index (χ2v) is 18.6. The first kappa shape index (κ1) is 49.7. The molecule has 0 aliphatic carbocycles. The Morgan fingerprint density at radius 3 is 2.31 bits per heavy atom. The molecule has 0 saturated carbocycles. The number of urea groups is 1. The molecule has 7 rings (SSSR count). The molecule has 18 heteroatoms. The third-order valence-corrected chi connectivity index (χ3v) is 13.9. The first-order chi connectivity index (χ1) is 32.2. The van der Waals surface area contributed by atoms with Gasteiger partial charge in [0, 0.05) is 97.7 Å². The molecule has 8 N–H and O–H groups in total. The van der Waals surface area contributed by atoms with Gasteiger partial charge in [-0.25, -0.2) is 9.78 Å². The Labute approximate surface area is 393 Å². The standard InChI is InChI=1S/C50H63N5O13/c1-10-17-51-49(64)52-29-14-18-55(19-15-29)30-21-31(56)37-33(22-30)67-46-38(53-37)34-35-43(60)28(7)45-36(34)47(62)50(8,68-45)66-20-16-32(65-9)25(4)41(58)27(6)42(59)26(5)40(57)23(2)12-11-13-24(3)48(63)54-39(46)44(35)61/h11-13,16,20-23,25-27,29,32,40-42,57-60,62H,10,14-15,17-19H2,1-9H3,(H,54,63)(H2,51,52,64)/b12-11+,20-16+,24-13-/t23-,25+,26+,27-,32-,40-,41+,42+,50-/m0/s1. The predicted molar refractivity (Wildman–Crippen MR) is 258 cm³/mol. The highest BCUT2D eigenvalue weighted by Gasteiger charge is 2.44. The molecule has 9 atom stereocenters. The van der Waals surface area contributed by atoms with Gasteiger partial charge in [0.15, 0.2) is 22.4 Å². The van der Waals surface area contributed by atoms with Crippen LogP contribution in [0.1, 0.15) is 73.3 Å². The minimum Gasteiger partial charge on any atom is -0.507 e. The van der Waals surface area contributed by atoms with E-state index in [9.17, 15) is 44.7 Å². The number of benzene rings is 3. The maximum absolute atomic E-state index is 14.9. The van der Waals surface area contributed by atoms with Crippen LogP contribution >= 0.6 is 0 Å². The third-order valence-electron chi connectivity index (χ3n) is 13.9. The highest BCUT2D eigenvalue weighted by atomic mass is 16.7. The topological polar surface area (TPSA) is 262 Å². The van der Waals surface area contributed by atoms with E-state index in [0.29, 0.717) is 38.2 Å². The molecule has 0 radical (unpaired) electrons. The third kappa shape index (κ3) is 9.21. The molecular weight excluding hydrogens is 879 g/mol. The molecule has 1 fully saturated rings. The van der Waals surface area contributed by atoms with Gasteiger partial charge in [-0.3, -0.25) is 14.4 Å². The summed E-state index contributed by atoms with van der Waals surface area (Å²) in [6.07, 6.45) is 5.38. The van der Waals surface area contributed by atoms with Crippen molar-refractivity contribution in [2.75, 3.05) is 37.0 Å². The van der Waals surface area contributed by atoms with Gasteiger partial charge in [-0.2, -0.15) is 0 Å². The van der Waals surface area contributed by atoms with Crippen molar-refractivity contribution in [1.29, 1.82) is 0 Å². The molecule has 5 bridgehead atoms. The number of carbonyl (C=O) groups excluding carboxylic acids is 2. The number of aliphatic hydroxyl groups excluding tert-OH is 4. The SMILES string of the molecule is CCCNC(=O)NC1CCN(c2cc(=O)c3nc4c(oc3c2)c2c(=O)c3c(O)c(C)c5c(c34)=C(O)[C@@](C)(O/C=C/[C@H](OC)[C@@H](C)[C@@H](O)[C@H](C)[C@H](O)[C@H](C)[C@@H](O)[C@@H](C)/C=C/C=C(/C)C(=O)N2)O5)CC1. The Morgan fingerprint density at radius 2 is 1.63 bits per heavy atom. The fourth-order valence-electron chi connectivity index (χ4n) is 9.42. The molecule has 0 spiro atoms. The van der Waals surface area contributed by atoms with E-state index >= 15 is 0 Å². The second-order valence-electron chi connectivity index (χ2n) is 18.6. The highest BCUT2D eigenvalue weighted by Crippen LogP contribution is 2.42. The lowest BCUT2D eigenvalue weighted by molar-refractivity contribution is -0.112. The summed E-state index contributed by atoms with van der Waals surface area (Å²) >= 11 is 0. The molecule has 3 aliphatic rings. The average molecular weight is 942 g/mol. The first-order valence-electron chi connectivity index (χ1n) is 23.2. The van der Waals surface area contributed by atoms with E-state index in [-0.39, 0.29) is 67.1 Å². The fourth-order valence-corrected chi connectivity index (χ4v) is 9.42. The summed E-state index contributed by atoms with van der Waals surface area (Å²) in [5.74, 6) is -6.37. The Balaban J connectivity index is 1.41. The van der Waals surface area contributed by atoms with E-state index in [1.165, 1.54) is 52.4 Å². The quantitative estimate of drug-likeness (QED) is 0.0999. The molecule has 18 nitrogen and oxygen atoms in total. The molecule has 0 unspecified atom stereocenters. The lowest BCUT2D eigenvalue weighted by Crippen LogP contribution is -2.48. The van der Waals surface area contributed by atoms with Crippen LogP contribution in [0, 0.1) is 30.6 Å². The number of aromatic hydroxyl groups is 1. The number of aromatic nitrogens is 1. The summed E-state index contributed by atoms with van der Waals surface area (Å²) in [6.45, 7) is 14.8. The van der Waals surface area contributed by atoms with Crippen LogP contribution in [0.2, 0.25) is 0 Å². The monoisotopic (exact) mass is 941 g/mol. The predicted octanol–water partition coefficient (Wildman–Crippen LogP) is 4.67. The van der Waals surface area contributed by atoms with Crippen molar-refractivity contribution in [3.8, 4) is 11.5 Å². The number of methoxy groups -OCH3 is 1. The van der Waals surface area contributed by atoms with Crippen LogP contribution in [0.4, 0.5) is 16.2 Å². The normalized spacial score (nSPS) is 29.4. The molecule has 3 aromatic carbocycles. The molecule has 68 heavy (non-hydrogen) atoms. The van der Waals surface area contributed by atoms with Gasteiger partial charge >= 0.3 is 11.8 Å². The van der Waals surface area contributed by atoms with Gasteiger partial charge in [0.25, 0.3) is 5.91 Å². The zero-order valence-electron chi connectivity index (χ0n) is 39.9. The fraction of sp³-hybridized carbons (Fsp3) is 0.500. The summed E-state index contributed by atoms with van der Waals surface area (Å²) in [7, 11) is 1.44.